The fraction of sp³-hybridized carbons (Fsp3) is 0.923. The number of nitrogens with one attached hydrogen (secondary N) is 1. The van der Waals surface area contributed by atoms with E-state index < -0.39 is 0 Å². The van der Waals surface area contributed by atoms with Gasteiger partial charge in [0, 0.05) is 25.7 Å². The van der Waals surface area contributed by atoms with Gasteiger partial charge in [-0.3, -0.25) is 0 Å². The quantitative estimate of drug-likeness (QED) is 0.728. The van der Waals surface area contributed by atoms with Crippen LogP contribution in [0.5, 0.6) is 0 Å². The Kier molecular flexibility index (Phi) is 7.51. The molecule has 0 spiro atoms. The number of aliphatic hydroxyl groups is 1. The smallest absolute Gasteiger partial charge is 0.317 e. The second-order valence-electron chi connectivity index (χ2n) is 4.95. The van der Waals surface area contributed by atoms with Gasteiger partial charge < -0.3 is 15.3 Å². The maximum atomic E-state index is 12.0. The maximum absolute atomic E-state index is 12.0. The normalized spacial score (nSPS) is 18.7. The molecule has 2 N–H and O–H groups in total. The summed E-state index contributed by atoms with van der Waals surface area (Å²) in [6, 6.07) is 0.299. The van der Waals surface area contributed by atoms with Gasteiger partial charge in [0.2, 0.25) is 0 Å². The van der Waals surface area contributed by atoms with Crippen LogP contribution in [0.4, 0.5) is 4.79 Å². The molecule has 0 bridgehead atoms. The van der Waals surface area contributed by atoms with Gasteiger partial charge >= 0.3 is 6.03 Å². The van der Waals surface area contributed by atoms with Gasteiger partial charge in [0.15, 0.2) is 0 Å². The van der Waals surface area contributed by atoms with E-state index in [1.54, 1.807) is 0 Å². The van der Waals surface area contributed by atoms with E-state index in [1.807, 2.05) is 16.7 Å². The van der Waals surface area contributed by atoms with Crippen molar-refractivity contribution >= 4 is 17.8 Å². The summed E-state index contributed by atoms with van der Waals surface area (Å²) in [6.45, 7) is 6.01. The molecule has 18 heavy (non-hydrogen) atoms. The van der Waals surface area contributed by atoms with E-state index in [4.69, 9.17) is 5.11 Å². The van der Waals surface area contributed by atoms with Gasteiger partial charge in [-0.05, 0) is 43.6 Å². The number of nitrogens with zero attached hydrogens (tertiary/aromatic N) is 1. The monoisotopic (exact) mass is 274 g/mol. The van der Waals surface area contributed by atoms with E-state index >= 15 is 0 Å². The van der Waals surface area contributed by atoms with Gasteiger partial charge in [0.25, 0.3) is 0 Å². The lowest BCUT2D eigenvalue weighted by Gasteiger charge is -2.32. The van der Waals surface area contributed by atoms with E-state index in [0.29, 0.717) is 5.92 Å². The van der Waals surface area contributed by atoms with Crippen molar-refractivity contribution in [2.75, 3.05) is 31.2 Å². The average molecular weight is 274 g/mol. The number of carbonyl (C=O) groups is 1. The molecule has 0 aliphatic carbocycles. The van der Waals surface area contributed by atoms with Gasteiger partial charge in [0.05, 0.1) is 0 Å². The fourth-order valence-corrected chi connectivity index (χ4v) is 2.91. The molecule has 1 atom stereocenters. The Morgan fingerprint density at radius 3 is 2.72 bits per heavy atom. The highest BCUT2D eigenvalue weighted by molar-refractivity contribution is 7.99. The number of amides is 2. The van der Waals surface area contributed by atoms with E-state index in [-0.39, 0.29) is 18.7 Å². The summed E-state index contributed by atoms with van der Waals surface area (Å²) < 4.78 is 0. The lowest BCUT2D eigenvalue weighted by molar-refractivity contribution is 0.136. The second-order valence-corrected chi connectivity index (χ2v) is 6.34. The van der Waals surface area contributed by atoms with E-state index in [2.05, 4.69) is 19.2 Å². The van der Waals surface area contributed by atoms with E-state index in [0.717, 1.165) is 43.9 Å². The summed E-state index contributed by atoms with van der Waals surface area (Å²) >= 11 is 1.91. The highest BCUT2D eigenvalue weighted by atomic mass is 32.2. The third kappa shape index (κ3) is 5.48. The predicted octanol–water partition coefficient (Wildman–Crippen LogP) is 1.93. The van der Waals surface area contributed by atoms with Gasteiger partial charge in [-0.15, -0.1) is 0 Å². The summed E-state index contributed by atoms with van der Waals surface area (Å²) in [6.07, 6.45) is 2.87. The molecule has 106 valence electrons. The minimum absolute atomic E-state index is 0.0559. The van der Waals surface area contributed by atoms with E-state index in [1.165, 1.54) is 0 Å². The van der Waals surface area contributed by atoms with Crippen molar-refractivity contribution in [3.05, 3.63) is 0 Å². The highest BCUT2D eigenvalue weighted by Crippen LogP contribution is 2.16. The first-order valence-corrected chi connectivity index (χ1v) is 8.06. The molecule has 0 aromatic rings. The molecule has 1 heterocycles. The summed E-state index contributed by atoms with van der Waals surface area (Å²) in [5.41, 5.74) is 0. The van der Waals surface area contributed by atoms with Crippen molar-refractivity contribution in [2.24, 2.45) is 5.92 Å². The molecular weight excluding hydrogens is 248 g/mol. The largest absolute Gasteiger partial charge is 0.396 e. The Labute approximate surface area is 115 Å². The average Bonchev–Trinajstić information content (AvgIpc) is 2.39. The van der Waals surface area contributed by atoms with Crippen LogP contribution >= 0.6 is 11.8 Å². The first kappa shape index (κ1) is 15.6. The number of aliphatic hydroxyl groups excluding tert-OH is 1. The minimum Gasteiger partial charge on any atom is -0.396 e. The number of piperidine rings is 1. The third-order valence-corrected chi connectivity index (χ3v) is 4.36. The molecule has 1 saturated heterocycles. The van der Waals surface area contributed by atoms with Crippen LogP contribution in [0, 0.1) is 5.92 Å². The highest BCUT2D eigenvalue weighted by Gasteiger charge is 2.22. The van der Waals surface area contributed by atoms with Gasteiger partial charge in [-0.1, -0.05) is 6.92 Å². The fourth-order valence-electron chi connectivity index (χ4n) is 2.10. The number of thioether (sulfide) groups is 1. The summed E-state index contributed by atoms with van der Waals surface area (Å²) in [4.78, 5) is 13.9. The Bertz CT molecular complexity index is 243. The summed E-state index contributed by atoms with van der Waals surface area (Å²) in [5.74, 6) is 2.62. The molecule has 1 aliphatic rings. The number of hydrogen-bond donors (Lipinski definition) is 2. The Balaban J connectivity index is 2.20. The molecule has 0 aromatic heterocycles. The van der Waals surface area contributed by atoms with Crippen molar-refractivity contribution in [2.45, 2.75) is 39.2 Å². The zero-order valence-corrected chi connectivity index (χ0v) is 12.3. The molecular formula is C13H26N2O2S. The van der Waals surface area contributed by atoms with Crippen LogP contribution in [0.2, 0.25) is 0 Å². The van der Waals surface area contributed by atoms with Crippen LogP contribution in [0.3, 0.4) is 0 Å². The number of likely N-dealkylation sites (tertiary alicyclic amines) is 1. The van der Waals surface area contributed by atoms with Crippen LogP contribution in [0.15, 0.2) is 0 Å². The van der Waals surface area contributed by atoms with Crippen LogP contribution < -0.4 is 5.32 Å². The van der Waals surface area contributed by atoms with Crippen molar-refractivity contribution < 1.29 is 9.90 Å². The molecule has 0 saturated carbocycles. The number of rotatable bonds is 6. The Morgan fingerprint density at radius 2 is 2.17 bits per heavy atom. The first-order chi connectivity index (χ1) is 8.67. The first-order valence-electron chi connectivity index (χ1n) is 6.91. The minimum atomic E-state index is 0.0559. The van der Waals surface area contributed by atoms with Crippen molar-refractivity contribution in [3.8, 4) is 0 Å². The molecule has 0 aromatic carbocycles. The molecule has 1 unspecified atom stereocenters. The Hall–Kier alpha value is -0.420. The van der Waals surface area contributed by atoms with Crippen LogP contribution in [0.1, 0.15) is 33.1 Å². The Morgan fingerprint density at radius 1 is 1.50 bits per heavy atom. The summed E-state index contributed by atoms with van der Waals surface area (Å²) in [5, 5.41) is 12.1. The molecule has 0 radical (unpaired) electrons. The van der Waals surface area contributed by atoms with Gasteiger partial charge in [0.1, 0.15) is 0 Å². The molecule has 1 aliphatic heterocycles. The molecule has 1 rings (SSSR count). The summed E-state index contributed by atoms with van der Waals surface area (Å²) in [7, 11) is 0. The number of carbonyl (C=O) groups excluding carboxylic acids is 1. The zero-order chi connectivity index (χ0) is 13.4. The lowest BCUT2D eigenvalue weighted by Crippen LogP contribution is -2.47. The number of hydrogen-bond acceptors (Lipinski definition) is 3. The molecule has 2 amide bonds. The molecule has 4 nitrogen and oxygen atoms in total. The third-order valence-electron chi connectivity index (χ3n) is 3.43. The van der Waals surface area contributed by atoms with Crippen LogP contribution in [-0.2, 0) is 0 Å². The SMILES string of the molecule is CCSCCC(C)NC(=O)N1CCC(CO)CC1. The molecule has 1 fully saturated rings. The van der Waals surface area contributed by atoms with Crippen molar-refractivity contribution in [1.29, 1.82) is 0 Å². The topological polar surface area (TPSA) is 52.6 Å². The van der Waals surface area contributed by atoms with Gasteiger partial charge in [-0.2, -0.15) is 11.8 Å². The number of urea groups is 1. The molecule has 5 heteroatoms. The predicted molar refractivity (Wildman–Crippen MR) is 77.0 cm³/mol. The maximum Gasteiger partial charge on any atom is 0.317 e. The standard InChI is InChI=1S/C13H26N2O2S/c1-3-18-9-6-11(2)14-13(17)15-7-4-12(10-16)5-8-15/h11-12,16H,3-10H2,1-2H3,(H,14,17). The van der Waals surface area contributed by atoms with Crippen LogP contribution in [-0.4, -0.2) is 53.3 Å². The second kappa shape index (κ2) is 8.64. The van der Waals surface area contributed by atoms with Crippen molar-refractivity contribution in [3.63, 3.8) is 0 Å². The zero-order valence-electron chi connectivity index (χ0n) is 11.5. The van der Waals surface area contributed by atoms with Crippen LogP contribution in [0.25, 0.3) is 0 Å². The van der Waals surface area contributed by atoms with Gasteiger partial charge in [-0.25, -0.2) is 4.79 Å². The lowest BCUT2D eigenvalue weighted by atomic mass is 9.98. The van der Waals surface area contributed by atoms with E-state index in [9.17, 15) is 4.79 Å². The van der Waals surface area contributed by atoms with Crippen molar-refractivity contribution in [1.82, 2.24) is 10.2 Å².